The maximum absolute atomic E-state index is 11.2. The predicted octanol–water partition coefficient (Wildman–Crippen LogP) is 2.71. The second-order valence-electron chi connectivity index (χ2n) is 5.84. The summed E-state index contributed by atoms with van der Waals surface area (Å²) in [4.78, 5) is 11.2. The highest BCUT2D eigenvalue weighted by molar-refractivity contribution is 5.72. The van der Waals surface area contributed by atoms with Crippen LogP contribution in [0.15, 0.2) is 24.3 Å². The molecular weight excluding hydrogens is 284 g/mol. The molecular formula is C17H24O5. The van der Waals surface area contributed by atoms with Gasteiger partial charge in [-0.25, -0.2) is 0 Å². The fourth-order valence-electron chi connectivity index (χ4n) is 2.35. The molecule has 1 atom stereocenters. The molecule has 122 valence electrons. The van der Waals surface area contributed by atoms with E-state index in [2.05, 4.69) is 4.74 Å². The first-order valence-corrected chi connectivity index (χ1v) is 7.59. The highest BCUT2D eigenvalue weighted by Gasteiger charge is 2.31. The minimum Gasteiger partial charge on any atom is -0.494 e. The van der Waals surface area contributed by atoms with Crippen molar-refractivity contribution in [2.24, 2.45) is 0 Å². The number of esters is 1. The second kappa shape index (κ2) is 7.61. The molecule has 0 aromatic heterocycles. The summed E-state index contributed by atoms with van der Waals surface area (Å²) in [5, 5.41) is 0. The van der Waals surface area contributed by atoms with Gasteiger partial charge in [0.05, 0.1) is 32.8 Å². The van der Waals surface area contributed by atoms with Crippen LogP contribution in [-0.2, 0) is 25.4 Å². The van der Waals surface area contributed by atoms with Gasteiger partial charge in [-0.15, -0.1) is 0 Å². The van der Waals surface area contributed by atoms with Crippen molar-refractivity contribution in [3.63, 3.8) is 0 Å². The Morgan fingerprint density at radius 3 is 2.64 bits per heavy atom. The lowest BCUT2D eigenvalue weighted by molar-refractivity contribution is -0.140. The van der Waals surface area contributed by atoms with E-state index >= 15 is 0 Å². The average molecular weight is 308 g/mol. The summed E-state index contributed by atoms with van der Waals surface area (Å²) >= 11 is 0. The van der Waals surface area contributed by atoms with Crippen molar-refractivity contribution < 1.29 is 23.7 Å². The van der Waals surface area contributed by atoms with Gasteiger partial charge in [0.1, 0.15) is 5.75 Å². The second-order valence-corrected chi connectivity index (χ2v) is 5.84. The van der Waals surface area contributed by atoms with Gasteiger partial charge in [-0.05, 0) is 44.4 Å². The monoisotopic (exact) mass is 308 g/mol. The molecule has 5 heteroatoms. The van der Waals surface area contributed by atoms with E-state index in [9.17, 15) is 4.79 Å². The molecule has 2 rings (SSSR count). The first-order chi connectivity index (χ1) is 10.5. The van der Waals surface area contributed by atoms with E-state index in [0.29, 0.717) is 13.2 Å². The van der Waals surface area contributed by atoms with Gasteiger partial charge in [0.25, 0.3) is 0 Å². The lowest BCUT2D eigenvalue weighted by atomic mass is 10.1. The van der Waals surface area contributed by atoms with Crippen molar-refractivity contribution in [3.8, 4) is 5.75 Å². The standard InChI is InChI=1S/C17H24O5/c1-17(2)21-12-15(22-17)5-4-10-20-14-8-6-13(7-9-14)11-16(18)19-3/h6-9,15H,4-5,10-12H2,1-3H3. The van der Waals surface area contributed by atoms with E-state index in [1.807, 2.05) is 38.1 Å². The highest BCUT2D eigenvalue weighted by atomic mass is 16.7. The molecule has 0 radical (unpaired) electrons. The number of hydrogen-bond donors (Lipinski definition) is 0. The van der Waals surface area contributed by atoms with Crippen LogP contribution in [0.5, 0.6) is 5.75 Å². The topological polar surface area (TPSA) is 54.0 Å². The van der Waals surface area contributed by atoms with Gasteiger partial charge in [0, 0.05) is 0 Å². The molecule has 0 saturated carbocycles. The fraction of sp³-hybridized carbons (Fsp3) is 0.588. The Morgan fingerprint density at radius 2 is 2.05 bits per heavy atom. The molecule has 0 spiro atoms. The number of benzene rings is 1. The average Bonchev–Trinajstić information content (AvgIpc) is 2.84. The molecule has 22 heavy (non-hydrogen) atoms. The third-order valence-electron chi connectivity index (χ3n) is 3.51. The van der Waals surface area contributed by atoms with E-state index in [1.54, 1.807) is 0 Å². The van der Waals surface area contributed by atoms with Gasteiger partial charge in [-0.3, -0.25) is 4.79 Å². The van der Waals surface area contributed by atoms with Crippen molar-refractivity contribution in [3.05, 3.63) is 29.8 Å². The van der Waals surface area contributed by atoms with Crippen LogP contribution >= 0.6 is 0 Å². The SMILES string of the molecule is COC(=O)Cc1ccc(OCCCC2COC(C)(C)O2)cc1. The van der Waals surface area contributed by atoms with Crippen molar-refractivity contribution in [2.45, 2.75) is 45.0 Å². The number of hydrogen-bond acceptors (Lipinski definition) is 5. The summed E-state index contributed by atoms with van der Waals surface area (Å²) in [6, 6.07) is 7.50. The smallest absolute Gasteiger partial charge is 0.309 e. The lowest BCUT2D eigenvalue weighted by Gasteiger charge is -2.17. The molecule has 1 aliphatic rings. The Balaban J connectivity index is 1.66. The number of methoxy groups -OCH3 is 1. The van der Waals surface area contributed by atoms with Crippen LogP contribution in [0.3, 0.4) is 0 Å². The van der Waals surface area contributed by atoms with Gasteiger partial charge in [0.2, 0.25) is 0 Å². The van der Waals surface area contributed by atoms with Crippen molar-refractivity contribution in [1.82, 2.24) is 0 Å². The zero-order valence-electron chi connectivity index (χ0n) is 13.5. The van der Waals surface area contributed by atoms with Crippen LogP contribution in [0.4, 0.5) is 0 Å². The normalized spacial score (nSPS) is 19.9. The van der Waals surface area contributed by atoms with E-state index in [-0.39, 0.29) is 18.5 Å². The van der Waals surface area contributed by atoms with E-state index in [1.165, 1.54) is 7.11 Å². The summed E-state index contributed by atoms with van der Waals surface area (Å²) in [6.07, 6.45) is 2.27. The molecule has 0 aliphatic carbocycles. The Bertz CT molecular complexity index is 480. The zero-order valence-corrected chi connectivity index (χ0v) is 13.5. The van der Waals surface area contributed by atoms with Gasteiger partial charge in [-0.1, -0.05) is 12.1 Å². The van der Waals surface area contributed by atoms with Crippen molar-refractivity contribution in [2.75, 3.05) is 20.3 Å². The van der Waals surface area contributed by atoms with E-state index in [4.69, 9.17) is 14.2 Å². The quantitative estimate of drug-likeness (QED) is 0.572. The first-order valence-electron chi connectivity index (χ1n) is 7.59. The maximum atomic E-state index is 11.2. The Kier molecular flexibility index (Phi) is 5.80. The Labute approximate surface area is 131 Å². The minimum absolute atomic E-state index is 0.154. The fourth-order valence-corrected chi connectivity index (χ4v) is 2.35. The Hall–Kier alpha value is -1.59. The molecule has 1 heterocycles. The van der Waals surface area contributed by atoms with Crippen molar-refractivity contribution >= 4 is 5.97 Å². The van der Waals surface area contributed by atoms with Crippen LogP contribution in [0.1, 0.15) is 32.3 Å². The summed E-state index contributed by atoms with van der Waals surface area (Å²) in [7, 11) is 1.39. The molecule has 1 saturated heterocycles. The van der Waals surface area contributed by atoms with E-state index < -0.39 is 5.79 Å². The third kappa shape index (κ3) is 5.31. The van der Waals surface area contributed by atoms with Gasteiger partial charge in [0.15, 0.2) is 5.79 Å². The Morgan fingerprint density at radius 1 is 1.32 bits per heavy atom. The number of rotatable bonds is 7. The molecule has 1 aromatic rings. The maximum Gasteiger partial charge on any atom is 0.309 e. The van der Waals surface area contributed by atoms with Crippen LogP contribution in [-0.4, -0.2) is 38.2 Å². The molecule has 0 N–H and O–H groups in total. The van der Waals surface area contributed by atoms with Crippen LogP contribution < -0.4 is 4.74 Å². The molecule has 1 unspecified atom stereocenters. The predicted molar refractivity (Wildman–Crippen MR) is 81.8 cm³/mol. The summed E-state index contributed by atoms with van der Waals surface area (Å²) in [5.74, 6) is 0.106. The van der Waals surface area contributed by atoms with Gasteiger partial charge >= 0.3 is 5.97 Å². The molecule has 1 aromatic carbocycles. The van der Waals surface area contributed by atoms with E-state index in [0.717, 1.165) is 24.2 Å². The minimum atomic E-state index is -0.457. The van der Waals surface area contributed by atoms with Crippen LogP contribution in [0, 0.1) is 0 Å². The first kappa shape index (κ1) is 16.8. The van der Waals surface area contributed by atoms with Crippen LogP contribution in [0.25, 0.3) is 0 Å². The number of carbonyl (C=O) groups is 1. The zero-order chi connectivity index (χ0) is 16.0. The van der Waals surface area contributed by atoms with Crippen LogP contribution in [0.2, 0.25) is 0 Å². The van der Waals surface area contributed by atoms with Gasteiger partial charge < -0.3 is 18.9 Å². The number of ether oxygens (including phenoxy) is 4. The summed E-state index contributed by atoms with van der Waals surface area (Å²) < 4.78 is 21.6. The highest BCUT2D eigenvalue weighted by Crippen LogP contribution is 2.24. The summed E-state index contributed by atoms with van der Waals surface area (Å²) in [6.45, 7) is 5.14. The molecule has 0 bridgehead atoms. The van der Waals surface area contributed by atoms with Gasteiger partial charge in [-0.2, -0.15) is 0 Å². The largest absolute Gasteiger partial charge is 0.494 e. The molecule has 1 fully saturated rings. The van der Waals surface area contributed by atoms with Crippen molar-refractivity contribution in [1.29, 1.82) is 0 Å². The lowest BCUT2D eigenvalue weighted by Crippen LogP contribution is -2.21. The number of carbonyl (C=O) groups excluding carboxylic acids is 1. The third-order valence-corrected chi connectivity index (χ3v) is 3.51. The summed E-state index contributed by atoms with van der Waals surface area (Å²) in [5.41, 5.74) is 0.915. The molecule has 5 nitrogen and oxygen atoms in total. The molecule has 1 aliphatic heterocycles. The molecule has 0 amide bonds.